The maximum atomic E-state index is 5.87. The number of hydrogen-bond donors (Lipinski definition) is 2. The van der Waals surface area contributed by atoms with Crippen LogP contribution in [-0.2, 0) is 0 Å². The number of nitrogens with one attached hydrogen (secondary N) is 1. The van der Waals surface area contributed by atoms with Crippen molar-refractivity contribution >= 4 is 11.6 Å². The van der Waals surface area contributed by atoms with Gasteiger partial charge in [0.15, 0.2) is 5.96 Å². The Hall–Kier alpha value is -1.71. The Kier molecular flexibility index (Phi) is 5.21. The van der Waals surface area contributed by atoms with Gasteiger partial charge in [-0.05, 0) is 39.8 Å². The van der Waals surface area contributed by atoms with E-state index in [1.54, 1.807) is 0 Å². The molecule has 3 N–H and O–H groups in total. The molecule has 0 radical (unpaired) electrons. The molecule has 0 aliphatic carbocycles. The maximum absolute atomic E-state index is 5.87. The first kappa shape index (κ1) is 15.3. The summed E-state index contributed by atoms with van der Waals surface area (Å²) >= 11 is 0. The van der Waals surface area contributed by atoms with Crippen LogP contribution >= 0.6 is 0 Å². The second-order valence-electron chi connectivity index (χ2n) is 5.90. The van der Waals surface area contributed by atoms with Gasteiger partial charge in [-0.25, -0.2) is 0 Å². The predicted octanol–water partition coefficient (Wildman–Crippen LogP) is 2.21. The van der Waals surface area contributed by atoms with Crippen molar-refractivity contribution in [3.8, 4) is 0 Å². The van der Waals surface area contributed by atoms with E-state index < -0.39 is 0 Å². The van der Waals surface area contributed by atoms with Crippen molar-refractivity contribution in [2.75, 3.05) is 18.5 Å². The largest absolute Gasteiger partial charge is 0.370 e. The molecule has 0 heterocycles. The van der Waals surface area contributed by atoms with Crippen molar-refractivity contribution in [2.45, 2.75) is 39.3 Å². The summed E-state index contributed by atoms with van der Waals surface area (Å²) in [5.74, 6) is 0.501. The lowest BCUT2D eigenvalue weighted by atomic mass is 10.1. The molecule has 0 aliphatic rings. The van der Waals surface area contributed by atoms with Gasteiger partial charge >= 0.3 is 0 Å². The molecule has 1 rings (SSSR count). The van der Waals surface area contributed by atoms with Crippen LogP contribution in [-0.4, -0.2) is 31.1 Å². The standard InChI is InChI=1S/C15H26N4/c1-12(11-17-14(16)18-15(2,3)4)19(5)13-9-7-6-8-10-13/h6-10,12H,11H2,1-5H3,(H3,16,17,18). The zero-order valence-electron chi connectivity index (χ0n) is 12.6. The first-order valence-corrected chi connectivity index (χ1v) is 6.65. The number of rotatable bonds is 4. The molecular formula is C15H26N4. The van der Waals surface area contributed by atoms with Crippen LogP contribution < -0.4 is 16.0 Å². The molecule has 0 fully saturated rings. The van der Waals surface area contributed by atoms with Crippen molar-refractivity contribution < 1.29 is 0 Å². The molecular weight excluding hydrogens is 236 g/mol. The van der Waals surface area contributed by atoms with E-state index in [-0.39, 0.29) is 5.54 Å². The van der Waals surface area contributed by atoms with Crippen molar-refractivity contribution in [2.24, 2.45) is 10.7 Å². The topological polar surface area (TPSA) is 53.6 Å². The zero-order valence-corrected chi connectivity index (χ0v) is 12.6. The van der Waals surface area contributed by atoms with Gasteiger partial charge in [0.1, 0.15) is 0 Å². The summed E-state index contributed by atoms with van der Waals surface area (Å²) in [4.78, 5) is 6.60. The fraction of sp³-hybridized carbons (Fsp3) is 0.533. The van der Waals surface area contributed by atoms with E-state index >= 15 is 0 Å². The van der Waals surface area contributed by atoms with E-state index in [9.17, 15) is 0 Å². The number of benzene rings is 1. The Balaban J connectivity index is 2.56. The van der Waals surface area contributed by atoms with Gasteiger partial charge in [-0.2, -0.15) is 0 Å². The summed E-state index contributed by atoms with van der Waals surface area (Å²) in [6.07, 6.45) is 0. The lowest BCUT2D eigenvalue weighted by Crippen LogP contribution is -2.45. The fourth-order valence-corrected chi connectivity index (χ4v) is 1.69. The Morgan fingerprint density at radius 3 is 2.42 bits per heavy atom. The highest BCUT2D eigenvalue weighted by atomic mass is 15.2. The molecule has 4 heteroatoms. The van der Waals surface area contributed by atoms with Crippen molar-refractivity contribution in [1.82, 2.24) is 5.32 Å². The molecule has 0 bridgehead atoms. The first-order valence-electron chi connectivity index (χ1n) is 6.65. The average molecular weight is 262 g/mol. The van der Waals surface area contributed by atoms with Crippen LogP contribution in [0, 0.1) is 0 Å². The third-order valence-electron chi connectivity index (χ3n) is 2.85. The number of hydrogen-bond acceptors (Lipinski definition) is 2. The molecule has 106 valence electrons. The summed E-state index contributed by atoms with van der Waals surface area (Å²) in [5, 5.41) is 3.16. The minimum atomic E-state index is -0.0534. The molecule has 0 spiro atoms. The molecule has 19 heavy (non-hydrogen) atoms. The minimum Gasteiger partial charge on any atom is -0.370 e. The maximum Gasteiger partial charge on any atom is 0.189 e. The van der Waals surface area contributed by atoms with E-state index in [0.717, 1.165) is 0 Å². The highest BCUT2D eigenvalue weighted by Crippen LogP contribution is 2.14. The molecule has 0 aliphatic heterocycles. The Bertz CT molecular complexity index is 406. The number of likely N-dealkylation sites (N-methyl/N-ethyl adjacent to an activating group) is 1. The minimum absolute atomic E-state index is 0.0534. The SMILES string of the molecule is CC(CN=C(N)NC(C)(C)C)N(C)c1ccccc1. The third kappa shape index (κ3) is 5.64. The lowest BCUT2D eigenvalue weighted by Gasteiger charge is -2.26. The second-order valence-corrected chi connectivity index (χ2v) is 5.90. The lowest BCUT2D eigenvalue weighted by molar-refractivity contribution is 0.507. The van der Waals surface area contributed by atoms with E-state index in [2.05, 4.69) is 62.1 Å². The van der Waals surface area contributed by atoms with Gasteiger partial charge in [0, 0.05) is 24.3 Å². The number of anilines is 1. The third-order valence-corrected chi connectivity index (χ3v) is 2.85. The van der Waals surface area contributed by atoms with Crippen molar-refractivity contribution in [3.05, 3.63) is 30.3 Å². The smallest absolute Gasteiger partial charge is 0.189 e. The first-order chi connectivity index (χ1) is 8.79. The van der Waals surface area contributed by atoms with Gasteiger partial charge in [0.05, 0.1) is 6.54 Å². The summed E-state index contributed by atoms with van der Waals surface area (Å²) in [7, 11) is 2.07. The van der Waals surface area contributed by atoms with Crippen LogP contribution in [0.5, 0.6) is 0 Å². The van der Waals surface area contributed by atoms with Crippen LogP contribution in [0.2, 0.25) is 0 Å². The molecule has 4 nitrogen and oxygen atoms in total. The number of guanidine groups is 1. The van der Waals surface area contributed by atoms with Crippen LogP contribution in [0.15, 0.2) is 35.3 Å². The molecule has 1 aromatic rings. The summed E-state index contributed by atoms with van der Waals surface area (Å²) in [6, 6.07) is 10.6. The van der Waals surface area contributed by atoms with Crippen LogP contribution in [0.3, 0.4) is 0 Å². The predicted molar refractivity (Wildman–Crippen MR) is 83.7 cm³/mol. The summed E-state index contributed by atoms with van der Waals surface area (Å²) in [5.41, 5.74) is 7.00. The Morgan fingerprint density at radius 1 is 1.32 bits per heavy atom. The summed E-state index contributed by atoms with van der Waals surface area (Å²) < 4.78 is 0. The molecule has 0 aromatic heterocycles. The molecule has 0 saturated heterocycles. The highest BCUT2D eigenvalue weighted by Gasteiger charge is 2.12. The summed E-state index contributed by atoms with van der Waals surface area (Å²) in [6.45, 7) is 9.00. The zero-order chi connectivity index (χ0) is 14.5. The van der Waals surface area contributed by atoms with E-state index in [1.165, 1.54) is 5.69 Å². The van der Waals surface area contributed by atoms with Crippen molar-refractivity contribution in [1.29, 1.82) is 0 Å². The highest BCUT2D eigenvalue weighted by molar-refractivity contribution is 5.78. The quantitative estimate of drug-likeness (QED) is 0.646. The molecule has 1 atom stereocenters. The van der Waals surface area contributed by atoms with Gasteiger partial charge in [0.25, 0.3) is 0 Å². The second kappa shape index (κ2) is 6.45. The number of aliphatic imine (C=N–C) groups is 1. The van der Waals surface area contributed by atoms with Crippen LogP contribution in [0.4, 0.5) is 5.69 Å². The fourth-order valence-electron chi connectivity index (χ4n) is 1.69. The van der Waals surface area contributed by atoms with Gasteiger partial charge in [-0.1, -0.05) is 18.2 Å². The van der Waals surface area contributed by atoms with Gasteiger partial charge in [0.2, 0.25) is 0 Å². The Morgan fingerprint density at radius 2 is 1.89 bits per heavy atom. The van der Waals surface area contributed by atoms with E-state index in [4.69, 9.17) is 5.73 Å². The Labute approximate surface area is 116 Å². The van der Waals surface area contributed by atoms with Crippen LogP contribution in [0.25, 0.3) is 0 Å². The monoisotopic (exact) mass is 262 g/mol. The molecule has 1 unspecified atom stereocenters. The normalized spacial score (nSPS) is 14.1. The van der Waals surface area contributed by atoms with Crippen LogP contribution in [0.1, 0.15) is 27.7 Å². The molecule has 0 saturated carbocycles. The van der Waals surface area contributed by atoms with Gasteiger partial charge < -0.3 is 16.0 Å². The molecule has 0 amide bonds. The van der Waals surface area contributed by atoms with E-state index in [1.807, 2.05) is 18.2 Å². The number of nitrogens with zero attached hydrogens (tertiary/aromatic N) is 2. The van der Waals surface area contributed by atoms with Gasteiger partial charge in [-0.15, -0.1) is 0 Å². The average Bonchev–Trinajstić information content (AvgIpc) is 2.34. The number of nitrogens with two attached hydrogens (primary N) is 1. The van der Waals surface area contributed by atoms with Gasteiger partial charge in [-0.3, -0.25) is 4.99 Å². The molecule has 1 aromatic carbocycles. The van der Waals surface area contributed by atoms with Crippen molar-refractivity contribution in [3.63, 3.8) is 0 Å². The van der Waals surface area contributed by atoms with E-state index in [0.29, 0.717) is 18.5 Å². The number of para-hydroxylation sites is 1.